The largest absolute Gasteiger partial charge is 0.390 e. The molecule has 4 aromatic heterocycles. The summed E-state index contributed by atoms with van der Waals surface area (Å²) in [6.07, 6.45) is 8.90. The number of anilines is 1. The van der Waals surface area contributed by atoms with E-state index in [-0.39, 0.29) is 12.6 Å². The van der Waals surface area contributed by atoms with Crippen molar-refractivity contribution in [3.05, 3.63) is 89.3 Å². The number of piperazine rings is 1. The summed E-state index contributed by atoms with van der Waals surface area (Å²) in [6.45, 7) is 5.35. The van der Waals surface area contributed by atoms with E-state index in [4.69, 9.17) is 9.97 Å². The fraction of sp³-hybridized carbons (Fsp3) is 0.414. The molecule has 1 atom stereocenters. The van der Waals surface area contributed by atoms with Gasteiger partial charge >= 0.3 is 0 Å². The highest BCUT2D eigenvalue weighted by Gasteiger charge is 2.29. The van der Waals surface area contributed by atoms with Crippen LogP contribution in [0.4, 0.5) is 5.82 Å². The molecule has 1 aliphatic heterocycles. The van der Waals surface area contributed by atoms with Gasteiger partial charge in [0.1, 0.15) is 11.5 Å². The Morgan fingerprint density at radius 2 is 1.81 bits per heavy atom. The van der Waals surface area contributed by atoms with Gasteiger partial charge in [-0.2, -0.15) is 0 Å². The summed E-state index contributed by atoms with van der Waals surface area (Å²) in [4.78, 5) is 21.4. The Morgan fingerprint density at radius 1 is 0.973 bits per heavy atom. The van der Waals surface area contributed by atoms with Crippen molar-refractivity contribution in [1.82, 2.24) is 29.2 Å². The molecular formula is C29H35N7O. The van der Waals surface area contributed by atoms with Gasteiger partial charge in [-0.1, -0.05) is 12.1 Å². The maximum Gasteiger partial charge on any atom is 0.138 e. The number of aliphatic hydroxyl groups excluding tert-OH is 1. The van der Waals surface area contributed by atoms with Gasteiger partial charge in [-0.25, -0.2) is 4.98 Å². The van der Waals surface area contributed by atoms with Crippen molar-refractivity contribution < 1.29 is 5.11 Å². The Balaban J connectivity index is 1.39. The van der Waals surface area contributed by atoms with E-state index in [2.05, 4.69) is 61.5 Å². The molecule has 8 nitrogen and oxygen atoms in total. The smallest absolute Gasteiger partial charge is 0.138 e. The molecule has 1 saturated heterocycles. The summed E-state index contributed by atoms with van der Waals surface area (Å²) in [6, 6.07) is 14.9. The van der Waals surface area contributed by atoms with E-state index >= 15 is 0 Å². The van der Waals surface area contributed by atoms with Crippen LogP contribution in [0, 0.1) is 0 Å². The van der Waals surface area contributed by atoms with Crippen LogP contribution in [-0.4, -0.2) is 67.5 Å². The third-order valence-electron chi connectivity index (χ3n) is 7.87. The quantitative estimate of drug-likeness (QED) is 0.419. The molecule has 1 fully saturated rings. The molecule has 5 heterocycles. The molecule has 2 aliphatic rings. The Bertz CT molecular complexity index is 1350. The second-order valence-electron chi connectivity index (χ2n) is 10.2. The van der Waals surface area contributed by atoms with Gasteiger partial charge in [-0.15, -0.1) is 0 Å². The number of aryl methyl sites for hydroxylation is 1. The fourth-order valence-corrected chi connectivity index (χ4v) is 5.89. The standard InChI is InChI=1S/C29H35N7O/c1-33-15-17-34(18-16-33)28-9-3-8-27-32-24(26(21-37)36(27)28)20-35(19-22-10-13-30-14-11-22)25-7-2-5-23-6-4-12-31-29(23)25/h3-4,6,8-14,25,37H,2,5,7,15-21H2,1H3/t25-/m0/s1. The third-order valence-corrected chi connectivity index (χ3v) is 7.87. The number of likely N-dealkylation sites (N-methyl/N-ethyl adjacent to an activating group) is 1. The number of nitrogens with zero attached hydrogens (tertiary/aromatic N) is 7. The molecule has 1 N–H and O–H groups in total. The topological polar surface area (TPSA) is 73.0 Å². The van der Waals surface area contributed by atoms with Crippen molar-refractivity contribution in [3.8, 4) is 0 Å². The molecule has 1 aliphatic carbocycles. The van der Waals surface area contributed by atoms with Gasteiger partial charge in [0.25, 0.3) is 0 Å². The van der Waals surface area contributed by atoms with Gasteiger partial charge in [-0.3, -0.25) is 19.3 Å². The highest BCUT2D eigenvalue weighted by atomic mass is 16.3. The number of hydrogen-bond acceptors (Lipinski definition) is 7. The monoisotopic (exact) mass is 497 g/mol. The fourth-order valence-electron chi connectivity index (χ4n) is 5.89. The van der Waals surface area contributed by atoms with E-state index in [0.717, 1.165) is 74.8 Å². The molecule has 0 spiro atoms. The first-order chi connectivity index (χ1) is 18.2. The molecule has 0 aromatic carbocycles. The van der Waals surface area contributed by atoms with Crippen LogP contribution in [0.15, 0.2) is 61.1 Å². The molecule has 0 radical (unpaired) electrons. The first-order valence-corrected chi connectivity index (χ1v) is 13.3. The van der Waals surface area contributed by atoms with Crippen LogP contribution in [0.1, 0.15) is 47.1 Å². The number of rotatable bonds is 7. The van der Waals surface area contributed by atoms with Crippen molar-refractivity contribution in [2.45, 2.75) is 45.0 Å². The maximum absolute atomic E-state index is 10.6. The Kier molecular flexibility index (Phi) is 6.87. The minimum Gasteiger partial charge on any atom is -0.390 e. The minimum absolute atomic E-state index is 0.0517. The van der Waals surface area contributed by atoms with Gasteiger partial charge in [0, 0.05) is 57.9 Å². The van der Waals surface area contributed by atoms with E-state index in [1.54, 1.807) is 0 Å². The van der Waals surface area contributed by atoms with Crippen LogP contribution in [0.3, 0.4) is 0 Å². The Labute approximate surface area is 218 Å². The minimum atomic E-state index is -0.0517. The molecule has 192 valence electrons. The zero-order valence-corrected chi connectivity index (χ0v) is 21.5. The molecule has 0 bridgehead atoms. The van der Waals surface area contributed by atoms with E-state index in [0.29, 0.717) is 6.54 Å². The van der Waals surface area contributed by atoms with E-state index in [9.17, 15) is 5.11 Å². The van der Waals surface area contributed by atoms with E-state index < -0.39 is 0 Å². The van der Waals surface area contributed by atoms with Crippen molar-refractivity contribution in [1.29, 1.82) is 0 Å². The molecule has 4 aromatic rings. The van der Waals surface area contributed by atoms with Crippen LogP contribution in [0.2, 0.25) is 0 Å². The van der Waals surface area contributed by atoms with E-state index in [1.807, 2.05) is 30.7 Å². The second kappa shape index (κ2) is 10.6. The summed E-state index contributed by atoms with van der Waals surface area (Å²) >= 11 is 0. The summed E-state index contributed by atoms with van der Waals surface area (Å²) in [7, 11) is 2.17. The lowest BCUT2D eigenvalue weighted by atomic mass is 9.90. The lowest BCUT2D eigenvalue weighted by Crippen LogP contribution is -2.45. The van der Waals surface area contributed by atoms with Gasteiger partial charge in [0.15, 0.2) is 0 Å². The number of hydrogen-bond donors (Lipinski definition) is 1. The summed E-state index contributed by atoms with van der Waals surface area (Å²) in [5, 5.41) is 10.6. The Morgan fingerprint density at radius 3 is 2.62 bits per heavy atom. The first-order valence-electron chi connectivity index (χ1n) is 13.3. The SMILES string of the molecule is CN1CCN(c2cccc3nc(CN(Cc4ccncc4)[C@H]4CCCc5cccnc54)c(CO)n23)CC1. The van der Waals surface area contributed by atoms with Crippen LogP contribution < -0.4 is 4.90 Å². The zero-order chi connectivity index (χ0) is 25.2. The molecule has 0 unspecified atom stereocenters. The molecule has 8 heteroatoms. The van der Waals surface area contributed by atoms with Gasteiger partial charge in [0.2, 0.25) is 0 Å². The number of fused-ring (bicyclic) bond motifs is 2. The first kappa shape index (κ1) is 24.0. The molecule has 0 saturated carbocycles. The lowest BCUT2D eigenvalue weighted by molar-refractivity contribution is 0.153. The second-order valence-corrected chi connectivity index (χ2v) is 10.2. The molecule has 0 amide bonds. The molecule has 6 rings (SSSR count). The maximum atomic E-state index is 10.6. The van der Waals surface area contributed by atoms with Gasteiger partial charge in [-0.05, 0) is 67.8 Å². The predicted octanol–water partition coefficient (Wildman–Crippen LogP) is 3.45. The van der Waals surface area contributed by atoms with Gasteiger partial charge in [0.05, 0.1) is 29.7 Å². The van der Waals surface area contributed by atoms with Crippen molar-refractivity contribution in [2.24, 2.45) is 0 Å². The Hall–Kier alpha value is -3.33. The number of pyridine rings is 3. The number of aromatic nitrogens is 4. The van der Waals surface area contributed by atoms with Crippen LogP contribution in [-0.2, 0) is 26.1 Å². The highest BCUT2D eigenvalue weighted by molar-refractivity contribution is 5.55. The third kappa shape index (κ3) is 4.84. The summed E-state index contributed by atoms with van der Waals surface area (Å²) in [5.74, 6) is 1.11. The number of aliphatic hydroxyl groups is 1. The number of imidazole rings is 1. The van der Waals surface area contributed by atoms with Crippen LogP contribution in [0.25, 0.3) is 5.65 Å². The average Bonchev–Trinajstić information content (AvgIpc) is 3.30. The zero-order valence-electron chi connectivity index (χ0n) is 21.5. The average molecular weight is 498 g/mol. The normalized spacial score (nSPS) is 18.5. The summed E-state index contributed by atoms with van der Waals surface area (Å²) < 4.78 is 2.17. The predicted molar refractivity (Wildman–Crippen MR) is 144 cm³/mol. The highest BCUT2D eigenvalue weighted by Crippen LogP contribution is 2.35. The lowest BCUT2D eigenvalue weighted by Gasteiger charge is -2.35. The molecule has 37 heavy (non-hydrogen) atoms. The van der Waals surface area contributed by atoms with Crippen LogP contribution in [0.5, 0.6) is 0 Å². The van der Waals surface area contributed by atoms with E-state index in [1.165, 1.54) is 16.8 Å². The van der Waals surface area contributed by atoms with Crippen molar-refractivity contribution >= 4 is 11.5 Å². The van der Waals surface area contributed by atoms with Crippen molar-refractivity contribution in [3.63, 3.8) is 0 Å². The van der Waals surface area contributed by atoms with Crippen molar-refractivity contribution in [2.75, 3.05) is 38.1 Å². The van der Waals surface area contributed by atoms with Gasteiger partial charge < -0.3 is 14.9 Å². The van der Waals surface area contributed by atoms with Crippen LogP contribution >= 0.6 is 0 Å². The summed E-state index contributed by atoms with van der Waals surface area (Å²) in [5.41, 5.74) is 6.43. The molecular weight excluding hydrogens is 462 g/mol.